The van der Waals surface area contributed by atoms with Gasteiger partial charge < -0.3 is 19.9 Å². The van der Waals surface area contributed by atoms with E-state index in [4.69, 9.17) is 19.9 Å². The molecule has 1 saturated heterocycles. The fourth-order valence-electron chi connectivity index (χ4n) is 1.96. The molecule has 0 amide bonds. The normalized spacial score (nSPS) is 19.1. The van der Waals surface area contributed by atoms with Crippen LogP contribution in [-0.2, 0) is 9.47 Å². The van der Waals surface area contributed by atoms with Crippen molar-refractivity contribution in [1.29, 1.82) is 0 Å². The van der Waals surface area contributed by atoms with Crippen molar-refractivity contribution in [2.24, 2.45) is 5.73 Å². The summed E-state index contributed by atoms with van der Waals surface area (Å²) in [4.78, 5) is 0. The van der Waals surface area contributed by atoms with Gasteiger partial charge in [0.25, 0.3) is 0 Å². The molecule has 18 heavy (non-hydrogen) atoms. The maximum Gasteiger partial charge on any atom is 0.119 e. The van der Waals surface area contributed by atoms with Crippen molar-refractivity contribution in [3.63, 3.8) is 0 Å². The predicted molar refractivity (Wildman–Crippen MR) is 69.7 cm³/mol. The van der Waals surface area contributed by atoms with E-state index in [9.17, 15) is 0 Å². The van der Waals surface area contributed by atoms with Crippen LogP contribution in [0.5, 0.6) is 5.75 Å². The summed E-state index contributed by atoms with van der Waals surface area (Å²) in [6.07, 6.45) is 0.938. The van der Waals surface area contributed by atoms with Crippen molar-refractivity contribution >= 4 is 0 Å². The Morgan fingerprint density at radius 3 is 2.78 bits per heavy atom. The second-order valence-electron chi connectivity index (χ2n) is 4.56. The Bertz CT molecular complexity index is 379. The SMILES string of the molecule is CCC(N)C(OC1COC1)c1cccc(OC)c1. The number of nitrogens with two attached hydrogens (primary N) is 1. The first-order valence-corrected chi connectivity index (χ1v) is 6.37. The summed E-state index contributed by atoms with van der Waals surface area (Å²) in [6.45, 7) is 3.40. The first kappa shape index (κ1) is 13.3. The molecule has 1 aliphatic rings. The van der Waals surface area contributed by atoms with Gasteiger partial charge in [-0.2, -0.15) is 0 Å². The van der Waals surface area contributed by atoms with Gasteiger partial charge in [0.05, 0.1) is 26.4 Å². The Balaban J connectivity index is 2.14. The fourth-order valence-corrected chi connectivity index (χ4v) is 1.96. The molecular weight excluding hydrogens is 230 g/mol. The van der Waals surface area contributed by atoms with Crippen LogP contribution >= 0.6 is 0 Å². The first-order chi connectivity index (χ1) is 8.74. The molecule has 0 aromatic heterocycles. The highest BCUT2D eigenvalue weighted by Gasteiger charge is 2.27. The topological polar surface area (TPSA) is 53.7 Å². The van der Waals surface area contributed by atoms with E-state index in [1.54, 1.807) is 7.11 Å². The van der Waals surface area contributed by atoms with Crippen molar-refractivity contribution in [2.45, 2.75) is 31.6 Å². The minimum absolute atomic E-state index is 0.0160. The van der Waals surface area contributed by atoms with Crippen molar-refractivity contribution in [1.82, 2.24) is 0 Å². The number of ether oxygens (including phenoxy) is 3. The molecule has 0 radical (unpaired) electrons. The van der Waals surface area contributed by atoms with E-state index >= 15 is 0 Å². The van der Waals surface area contributed by atoms with E-state index in [2.05, 4.69) is 6.92 Å². The average molecular weight is 251 g/mol. The van der Waals surface area contributed by atoms with E-state index in [0.29, 0.717) is 13.2 Å². The molecule has 100 valence electrons. The van der Waals surface area contributed by atoms with Crippen molar-refractivity contribution in [2.75, 3.05) is 20.3 Å². The second-order valence-corrected chi connectivity index (χ2v) is 4.56. The minimum atomic E-state index is -0.0981. The number of hydrogen-bond acceptors (Lipinski definition) is 4. The maximum atomic E-state index is 6.16. The van der Waals surface area contributed by atoms with Crippen LogP contribution in [-0.4, -0.2) is 32.5 Å². The zero-order valence-electron chi connectivity index (χ0n) is 11.0. The zero-order chi connectivity index (χ0) is 13.0. The van der Waals surface area contributed by atoms with E-state index in [1.165, 1.54) is 0 Å². The molecule has 0 spiro atoms. The molecule has 1 aromatic rings. The van der Waals surface area contributed by atoms with Crippen LogP contribution in [0.4, 0.5) is 0 Å². The predicted octanol–water partition coefficient (Wildman–Crippen LogP) is 1.89. The number of hydrogen-bond donors (Lipinski definition) is 1. The molecule has 2 atom stereocenters. The van der Waals surface area contributed by atoms with Gasteiger partial charge in [0, 0.05) is 6.04 Å². The van der Waals surface area contributed by atoms with Crippen molar-refractivity contribution in [3.05, 3.63) is 29.8 Å². The van der Waals surface area contributed by atoms with Crippen LogP contribution in [0.15, 0.2) is 24.3 Å². The summed E-state index contributed by atoms with van der Waals surface area (Å²) < 4.78 is 16.4. The van der Waals surface area contributed by atoms with Crippen LogP contribution in [0.2, 0.25) is 0 Å². The third kappa shape index (κ3) is 3.02. The minimum Gasteiger partial charge on any atom is -0.497 e. The molecule has 4 heteroatoms. The zero-order valence-corrected chi connectivity index (χ0v) is 11.0. The quantitative estimate of drug-likeness (QED) is 0.839. The maximum absolute atomic E-state index is 6.16. The highest BCUT2D eigenvalue weighted by atomic mass is 16.6. The average Bonchev–Trinajstić information content (AvgIpc) is 2.37. The summed E-state index contributed by atoms with van der Waals surface area (Å²) >= 11 is 0. The third-order valence-corrected chi connectivity index (χ3v) is 3.23. The molecule has 4 nitrogen and oxygen atoms in total. The van der Waals surface area contributed by atoms with Gasteiger partial charge in [-0.25, -0.2) is 0 Å². The summed E-state index contributed by atoms with van der Waals surface area (Å²) in [5.74, 6) is 0.828. The lowest BCUT2D eigenvalue weighted by atomic mass is 10.00. The molecule has 2 unspecified atom stereocenters. The number of methoxy groups -OCH3 is 1. The molecule has 0 aliphatic carbocycles. The Labute approximate surface area is 108 Å². The van der Waals surface area contributed by atoms with Gasteiger partial charge in [-0.05, 0) is 24.1 Å². The van der Waals surface area contributed by atoms with Gasteiger partial charge in [-0.15, -0.1) is 0 Å². The fraction of sp³-hybridized carbons (Fsp3) is 0.571. The first-order valence-electron chi connectivity index (χ1n) is 6.37. The lowest BCUT2D eigenvalue weighted by Gasteiger charge is -2.33. The van der Waals surface area contributed by atoms with Gasteiger partial charge in [-0.3, -0.25) is 0 Å². The smallest absolute Gasteiger partial charge is 0.119 e. The van der Waals surface area contributed by atoms with E-state index in [1.807, 2.05) is 24.3 Å². The summed E-state index contributed by atoms with van der Waals surface area (Å²) in [5, 5.41) is 0. The monoisotopic (exact) mass is 251 g/mol. The number of rotatable bonds is 6. The molecule has 0 bridgehead atoms. The molecule has 1 fully saturated rings. The van der Waals surface area contributed by atoms with Gasteiger partial charge in [0.15, 0.2) is 0 Å². The third-order valence-electron chi connectivity index (χ3n) is 3.23. The van der Waals surface area contributed by atoms with Crippen molar-refractivity contribution in [3.8, 4) is 5.75 Å². The van der Waals surface area contributed by atoms with Crippen LogP contribution in [0.25, 0.3) is 0 Å². The van der Waals surface area contributed by atoms with E-state index in [-0.39, 0.29) is 18.2 Å². The van der Waals surface area contributed by atoms with Gasteiger partial charge >= 0.3 is 0 Å². The lowest BCUT2D eigenvalue weighted by Crippen LogP contribution is -2.41. The van der Waals surface area contributed by atoms with Crippen LogP contribution < -0.4 is 10.5 Å². The second kappa shape index (κ2) is 6.18. The highest BCUT2D eigenvalue weighted by molar-refractivity contribution is 5.30. The van der Waals surface area contributed by atoms with Crippen LogP contribution in [0.1, 0.15) is 25.0 Å². The standard InChI is InChI=1S/C14H21NO3/c1-3-13(15)14(18-12-8-17-9-12)10-5-4-6-11(7-10)16-2/h4-7,12-14H,3,8-9,15H2,1-2H3. The molecule has 1 aromatic carbocycles. The van der Waals surface area contributed by atoms with Crippen LogP contribution in [0, 0.1) is 0 Å². The van der Waals surface area contributed by atoms with Crippen LogP contribution in [0.3, 0.4) is 0 Å². The molecule has 2 rings (SSSR count). The Morgan fingerprint density at radius 2 is 2.22 bits per heavy atom. The summed E-state index contributed by atoms with van der Waals surface area (Å²) in [6, 6.07) is 7.88. The summed E-state index contributed by atoms with van der Waals surface area (Å²) in [7, 11) is 1.66. The van der Waals surface area contributed by atoms with E-state index < -0.39 is 0 Å². The van der Waals surface area contributed by atoms with Gasteiger partial charge in [-0.1, -0.05) is 19.1 Å². The van der Waals surface area contributed by atoms with Gasteiger partial charge in [0.1, 0.15) is 11.9 Å². The van der Waals surface area contributed by atoms with E-state index in [0.717, 1.165) is 17.7 Å². The number of benzene rings is 1. The Kier molecular flexibility index (Phi) is 4.58. The Hall–Kier alpha value is -1.10. The summed E-state index contributed by atoms with van der Waals surface area (Å²) in [5.41, 5.74) is 7.23. The molecule has 2 N–H and O–H groups in total. The highest BCUT2D eigenvalue weighted by Crippen LogP contribution is 2.28. The molecular formula is C14H21NO3. The Morgan fingerprint density at radius 1 is 1.44 bits per heavy atom. The molecule has 1 heterocycles. The largest absolute Gasteiger partial charge is 0.497 e. The molecule has 1 aliphatic heterocycles. The van der Waals surface area contributed by atoms with Crippen molar-refractivity contribution < 1.29 is 14.2 Å². The molecule has 0 saturated carbocycles. The van der Waals surface area contributed by atoms with Gasteiger partial charge in [0.2, 0.25) is 0 Å². The lowest BCUT2D eigenvalue weighted by molar-refractivity contribution is -0.160.